The molecule has 5 aromatic rings. The lowest BCUT2D eigenvalue weighted by atomic mass is 10.1. The van der Waals surface area contributed by atoms with Gasteiger partial charge in [-0.25, -0.2) is 9.78 Å². The van der Waals surface area contributed by atoms with E-state index in [1.54, 1.807) is 0 Å². The Hall–Kier alpha value is -4.44. The van der Waals surface area contributed by atoms with Gasteiger partial charge in [0.05, 0.1) is 39.8 Å². The highest BCUT2D eigenvalue weighted by Gasteiger charge is 2.21. The predicted octanol–water partition coefficient (Wildman–Crippen LogP) is 7.46. The fraction of sp³-hybridized carbons (Fsp3) is 0.0968. The lowest BCUT2D eigenvalue weighted by molar-refractivity contribution is 0.0474. The Labute approximate surface area is 255 Å². The molecule has 0 aliphatic rings. The van der Waals surface area contributed by atoms with Crippen LogP contribution in [0.25, 0.3) is 21.5 Å². The lowest BCUT2D eigenvalue weighted by Gasteiger charge is -2.12. The second-order valence-electron chi connectivity index (χ2n) is 9.26. The van der Waals surface area contributed by atoms with E-state index in [0.717, 1.165) is 28.2 Å². The summed E-state index contributed by atoms with van der Waals surface area (Å²) >= 11 is 13.0. The van der Waals surface area contributed by atoms with E-state index < -0.39 is 24.3 Å². The van der Waals surface area contributed by atoms with Crippen molar-refractivity contribution in [3.8, 4) is 17.0 Å². The number of carbonyl (C=O) groups is 3. The number of ketones is 1. The molecule has 42 heavy (non-hydrogen) atoms. The number of anilines is 2. The summed E-state index contributed by atoms with van der Waals surface area (Å²) in [5.41, 5.74) is 10.1. The van der Waals surface area contributed by atoms with Crippen molar-refractivity contribution in [3.05, 3.63) is 104 Å². The molecule has 3 N–H and O–H groups in total. The van der Waals surface area contributed by atoms with E-state index >= 15 is 0 Å². The Morgan fingerprint density at radius 1 is 0.929 bits per heavy atom. The third-order valence-corrected chi connectivity index (χ3v) is 8.26. The van der Waals surface area contributed by atoms with E-state index in [-0.39, 0.29) is 26.7 Å². The Morgan fingerprint density at radius 3 is 2.38 bits per heavy atom. The average molecular weight is 621 g/mol. The van der Waals surface area contributed by atoms with Crippen LogP contribution in [0.4, 0.5) is 11.4 Å². The normalized spacial score (nSPS) is 10.9. The summed E-state index contributed by atoms with van der Waals surface area (Å²) < 4.78 is 10.6. The number of aryl methyl sites for hydroxylation is 1. The van der Waals surface area contributed by atoms with Gasteiger partial charge in [-0.15, -0.1) is 11.3 Å². The Kier molecular flexibility index (Phi) is 8.44. The number of fused-ring (bicyclic) bond motifs is 1. The molecule has 0 saturated carbocycles. The third-order valence-electron chi connectivity index (χ3n) is 6.41. The number of hydrogen-bond acceptors (Lipinski definition) is 8. The standard InChI is InChI=1S/C31H23Cl2N3O5S/c1-16-3-5-17(6-4-16)23-11-9-20-27(34)28(42-30(20)36-23)29(38)35-24-14-19(8-12-26(24)40-2)31(39)41-15-25(37)18-7-10-21(32)22(33)13-18/h3-14H,15,34H2,1-2H3,(H,35,38). The summed E-state index contributed by atoms with van der Waals surface area (Å²) in [6.45, 7) is 1.50. The topological polar surface area (TPSA) is 121 Å². The molecule has 0 aliphatic carbocycles. The van der Waals surface area contributed by atoms with Gasteiger partial charge < -0.3 is 20.5 Å². The minimum Gasteiger partial charge on any atom is -0.495 e. The highest BCUT2D eigenvalue weighted by Crippen LogP contribution is 2.36. The zero-order chi connectivity index (χ0) is 30.0. The van der Waals surface area contributed by atoms with Crippen LogP contribution >= 0.6 is 34.5 Å². The van der Waals surface area contributed by atoms with Crippen LogP contribution in [0.3, 0.4) is 0 Å². The minimum absolute atomic E-state index is 0.0988. The first-order chi connectivity index (χ1) is 20.1. The molecule has 11 heteroatoms. The molecular weight excluding hydrogens is 597 g/mol. The van der Waals surface area contributed by atoms with Gasteiger partial charge in [-0.2, -0.15) is 0 Å². The molecule has 0 fully saturated rings. The van der Waals surface area contributed by atoms with Crippen LogP contribution in [0.15, 0.2) is 72.8 Å². The molecule has 5 rings (SSSR count). The van der Waals surface area contributed by atoms with Gasteiger partial charge in [0.1, 0.15) is 15.5 Å². The molecule has 8 nitrogen and oxygen atoms in total. The van der Waals surface area contributed by atoms with Crippen molar-refractivity contribution < 1.29 is 23.9 Å². The van der Waals surface area contributed by atoms with E-state index in [1.165, 1.54) is 43.5 Å². The van der Waals surface area contributed by atoms with Crippen molar-refractivity contribution in [2.45, 2.75) is 6.92 Å². The van der Waals surface area contributed by atoms with Crippen molar-refractivity contribution >= 4 is 73.8 Å². The van der Waals surface area contributed by atoms with Crippen LogP contribution in [-0.4, -0.2) is 36.4 Å². The molecule has 0 atom stereocenters. The number of hydrogen-bond donors (Lipinski definition) is 2. The van der Waals surface area contributed by atoms with Crippen molar-refractivity contribution in [3.63, 3.8) is 0 Å². The number of esters is 1. The number of nitrogens with zero attached hydrogens (tertiary/aromatic N) is 1. The maximum absolute atomic E-state index is 13.3. The SMILES string of the molecule is COc1ccc(C(=O)OCC(=O)c2ccc(Cl)c(Cl)c2)cc1NC(=O)c1sc2nc(-c3ccc(C)cc3)ccc2c1N. The van der Waals surface area contributed by atoms with Gasteiger partial charge >= 0.3 is 5.97 Å². The number of nitrogen functional groups attached to an aromatic ring is 1. The van der Waals surface area contributed by atoms with E-state index in [4.69, 9.17) is 43.4 Å². The van der Waals surface area contributed by atoms with E-state index in [9.17, 15) is 14.4 Å². The van der Waals surface area contributed by atoms with Crippen LogP contribution in [0.5, 0.6) is 5.75 Å². The van der Waals surface area contributed by atoms with Crippen LogP contribution in [-0.2, 0) is 4.74 Å². The van der Waals surface area contributed by atoms with E-state index in [0.29, 0.717) is 26.7 Å². The van der Waals surface area contributed by atoms with Crippen molar-refractivity contribution in [2.75, 3.05) is 24.8 Å². The van der Waals surface area contributed by atoms with Crippen LogP contribution in [0, 0.1) is 6.92 Å². The number of ether oxygens (including phenoxy) is 2. The molecule has 0 unspecified atom stereocenters. The van der Waals surface area contributed by atoms with Crippen LogP contribution in [0.1, 0.15) is 36.0 Å². The number of thiophene rings is 1. The summed E-state index contributed by atoms with van der Waals surface area (Å²) in [6.07, 6.45) is 0. The van der Waals surface area contributed by atoms with Gasteiger partial charge in [0, 0.05) is 16.5 Å². The molecule has 0 saturated heterocycles. The highest BCUT2D eigenvalue weighted by atomic mass is 35.5. The van der Waals surface area contributed by atoms with Crippen molar-refractivity contribution in [1.82, 2.24) is 4.98 Å². The predicted molar refractivity (Wildman–Crippen MR) is 166 cm³/mol. The summed E-state index contributed by atoms with van der Waals surface area (Å²) in [7, 11) is 1.43. The fourth-order valence-electron chi connectivity index (χ4n) is 4.13. The second-order valence-corrected chi connectivity index (χ2v) is 11.1. The molecular formula is C31H23Cl2N3O5S. The van der Waals surface area contributed by atoms with Crippen LogP contribution in [0.2, 0.25) is 10.0 Å². The number of nitrogens with two attached hydrogens (primary N) is 1. The smallest absolute Gasteiger partial charge is 0.338 e. The number of Topliss-reactive ketones (excluding diaryl/α,β-unsaturated/α-hetero) is 1. The van der Waals surface area contributed by atoms with E-state index in [2.05, 4.69) is 5.32 Å². The number of aromatic nitrogens is 1. The quantitative estimate of drug-likeness (QED) is 0.136. The first-order valence-electron chi connectivity index (χ1n) is 12.6. The van der Waals surface area contributed by atoms with Gasteiger partial charge in [-0.3, -0.25) is 9.59 Å². The molecule has 3 aromatic carbocycles. The van der Waals surface area contributed by atoms with Gasteiger partial charge in [0.25, 0.3) is 5.91 Å². The summed E-state index contributed by atoms with van der Waals surface area (Å²) in [4.78, 5) is 44.1. The number of benzene rings is 3. The van der Waals surface area contributed by atoms with Crippen molar-refractivity contribution in [1.29, 1.82) is 0 Å². The first kappa shape index (κ1) is 29.1. The summed E-state index contributed by atoms with van der Waals surface area (Å²) in [5, 5.41) is 3.95. The number of carbonyl (C=O) groups excluding carboxylic acids is 3. The monoisotopic (exact) mass is 619 g/mol. The van der Waals surface area contributed by atoms with Crippen LogP contribution < -0.4 is 15.8 Å². The number of pyridine rings is 1. The zero-order valence-corrected chi connectivity index (χ0v) is 24.7. The van der Waals surface area contributed by atoms with Crippen molar-refractivity contribution in [2.24, 2.45) is 0 Å². The Bertz CT molecular complexity index is 1850. The Morgan fingerprint density at radius 2 is 1.67 bits per heavy atom. The van der Waals surface area contributed by atoms with Gasteiger partial charge in [0.15, 0.2) is 12.4 Å². The second kappa shape index (κ2) is 12.2. The van der Waals surface area contributed by atoms with E-state index in [1.807, 2.05) is 43.3 Å². The molecule has 0 bridgehead atoms. The molecule has 0 aliphatic heterocycles. The van der Waals surface area contributed by atoms with Gasteiger partial charge in [-0.1, -0.05) is 53.0 Å². The highest BCUT2D eigenvalue weighted by molar-refractivity contribution is 7.21. The minimum atomic E-state index is -0.768. The maximum atomic E-state index is 13.3. The maximum Gasteiger partial charge on any atom is 0.338 e. The molecule has 0 spiro atoms. The lowest BCUT2D eigenvalue weighted by Crippen LogP contribution is -2.16. The molecule has 1 amide bonds. The molecule has 2 aromatic heterocycles. The number of halogens is 2. The molecule has 0 radical (unpaired) electrons. The fourth-order valence-corrected chi connectivity index (χ4v) is 5.42. The first-order valence-corrected chi connectivity index (χ1v) is 14.1. The average Bonchev–Trinajstić information content (AvgIpc) is 3.33. The molecule has 2 heterocycles. The summed E-state index contributed by atoms with van der Waals surface area (Å²) in [5.74, 6) is -1.41. The Balaban J connectivity index is 1.33. The number of nitrogens with one attached hydrogen (secondary N) is 1. The molecule has 212 valence electrons. The van der Waals surface area contributed by atoms with Gasteiger partial charge in [0.2, 0.25) is 0 Å². The largest absolute Gasteiger partial charge is 0.495 e. The number of amides is 1. The number of rotatable bonds is 8. The third kappa shape index (κ3) is 6.08. The number of methoxy groups -OCH3 is 1. The van der Waals surface area contributed by atoms with Gasteiger partial charge in [-0.05, 0) is 55.5 Å². The summed E-state index contributed by atoms with van der Waals surface area (Å²) in [6, 6.07) is 20.5. The zero-order valence-electron chi connectivity index (χ0n) is 22.4.